The first kappa shape index (κ1) is 20.1. The third-order valence-corrected chi connectivity index (χ3v) is 5.23. The number of H-pyrrole nitrogens is 1. The number of ether oxygens (including phenoxy) is 1. The summed E-state index contributed by atoms with van der Waals surface area (Å²) in [4.78, 5) is 50.7. The number of phosphoric acid groups is 2. The third-order valence-electron chi connectivity index (χ3n) is 3.07. The average Bonchev–Trinajstić information content (AvgIpc) is 2.71. The summed E-state index contributed by atoms with van der Waals surface area (Å²) in [5.74, 6) is 0. The van der Waals surface area contributed by atoms with Crippen LogP contribution in [-0.2, 0) is 22.7 Å². The molecule has 0 bridgehead atoms. The Morgan fingerprint density at radius 2 is 1.84 bits per heavy atom. The highest BCUT2D eigenvalue weighted by Gasteiger charge is 2.45. The summed E-state index contributed by atoms with van der Waals surface area (Å²) in [6.07, 6.45) is -5.25. The summed E-state index contributed by atoms with van der Waals surface area (Å²) >= 11 is 0. The first-order valence-corrected chi connectivity index (χ1v) is 9.49. The Kier molecular flexibility index (Phi) is 5.81. The lowest BCUT2D eigenvalue weighted by Crippen LogP contribution is -2.37. The molecule has 0 amide bonds. The van der Waals surface area contributed by atoms with Crippen LogP contribution >= 0.6 is 15.6 Å². The number of hydrogen-bond donors (Lipinski definition) is 6. The van der Waals surface area contributed by atoms with Gasteiger partial charge in [0.15, 0.2) is 6.23 Å². The van der Waals surface area contributed by atoms with Crippen LogP contribution in [0.4, 0.5) is 0 Å². The smallest absolute Gasteiger partial charge is 0.387 e. The molecule has 16 heteroatoms. The Balaban J connectivity index is 2.09. The zero-order valence-electron chi connectivity index (χ0n) is 12.1. The molecule has 0 spiro atoms. The molecule has 1 fully saturated rings. The second-order valence-corrected chi connectivity index (χ2v) is 7.73. The predicted octanol–water partition coefficient (Wildman–Crippen LogP) is -2.62. The second kappa shape index (κ2) is 7.21. The number of aliphatic hydroxyl groups is 2. The molecule has 1 saturated heterocycles. The normalized spacial score (nSPS) is 29.5. The molecule has 0 radical (unpaired) electrons. The molecule has 0 aromatic carbocycles. The fourth-order valence-corrected chi connectivity index (χ4v) is 3.65. The van der Waals surface area contributed by atoms with Crippen molar-refractivity contribution in [1.29, 1.82) is 0 Å². The number of nitrogens with zero attached hydrogens (tertiary/aromatic N) is 1. The lowest BCUT2D eigenvalue weighted by molar-refractivity contribution is -0.0542. The molecule has 5 atom stereocenters. The quantitative estimate of drug-likeness (QED) is 0.269. The molecule has 1 aliphatic heterocycles. The highest BCUT2D eigenvalue weighted by atomic mass is 31.3. The van der Waals surface area contributed by atoms with Crippen LogP contribution in [0, 0.1) is 0 Å². The number of aromatic nitrogens is 2. The summed E-state index contributed by atoms with van der Waals surface area (Å²) in [5, 5.41) is 19.8. The topological polar surface area (TPSA) is 218 Å². The molecule has 2 heterocycles. The van der Waals surface area contributed by atoms with E-state index >= 15 is 0 Å². The standard InChI is InChI=1S/C9H14N2O12P2/c12-5-1-2-11(9(15)10-5)8-7(14)6(13)4(22-8)3-21-25(19,20)23-24(16,17)18/h1-2,4,6-8,13-14H,3H2,(H,19,20)(H,10,12,15)(H2,16,17,18)/t4-,6-,7+,8+/m0/s1. The zero-order valence-corrected chi connectivity index (χ0v) is 13.9. The van der Waals surface area contributed by atoms with Crippen molar-refractivity contribution in [3.8, 4) is 0 Å². The van der Waals surface area contributed by atoms with Gasteiger partial charge < -0.3 is 29.6 Å². The maximum absolute atomic E-state index is 11.7. The number of nitrogens with one attached hydrogen (secondary N) is 1. The Morgan fingerprint density at radius 1 is 1.20 bits per heavy atom. The van der Waals surface area contributed by atoms with Crippen LogP contribution in [0.3, 0.4) is 0 Å². The van der Waals surface area contributed by atoms with Crippen molar-refractivity contribution in [2.24, 2.45) is 0 Å². The molecule has 6 N–H and O–H groups in total. The molecule has 0 saturated carbocycles. The molecule has 1 aliphatic rings. The Bertz CT molecular complexity index is 828. The van der Waals surface area contributed by atoms with Crippen molar-refractivity contribution in [3.05, 3.63) is 33.1 Å². The van der Waals surface area contributed by atoms with Gasteiger partial charge in [-0.05, 0) is 0 Å². The van der Waals surface area contributed by atoms with Gasteiger partial charge in [-0.15, -0.1) is 0 Å². The lowest BCUT2D eigenvalue weighted by Gasteiger charge is -2.17. The molecule has 142 valence electrons. The fourth-order valence-electron chi connectivity index (χ4n) is 2.05. The summed E-state index contributed by atoms with van der Waals surface area (Å²) in [7, 11) is -10.5. The van der Waals surface area contributed by atoms with Gasteiger partial charge in [0.2, 0.25) is 0 Å². The Hall–Kier alpha value is -1.18. The zero-order chi connectivity index (χ0) is 19.0. The van der Waals surface area contributed by atoms with Crippen molar-refractivity contribution in [3.63, 3.8) is 0 Å². The Labute approximate surface area is 138 Å². The van der Waals surface area contributed by atoms with E-state index in [0.29, 0.717) is 0 Å². The number of rotatable bonds is 6. The van der Waals surface area contributed by atoms with Gasteiger partial charge in [0.25, 0.3) is 5.56 Å². The number of hydrogen-bond acceptors (Lipinski definition) is 9. The molecule has 1 aromatic rings. The van der Waals surface area contributed by atoms with Crippen LogP contribution < -0.4 is 11.2 Å². The largest absolute Gasteiger partial charge is 0.481 e. The fraction of sp³-hybridized carbons (Fsp3) is 0.556. The maximum atomic E-state index is 11.7. The molecule has 25 heavy (non-hydrogen) atoms. The van der Waals surface area contributed by atoms with Crippen LogP contribution in [0.15, 0.2) is 21.9 Å². The van der Waals surface area contributed by atoms with Crippen molar-refractivity contribution >= 4 is 15.6 Å². The summed E-state index contributed by atoms with van der Waals surface area (Å²) in [6, 6.07) is 0.962. The number of aliphatic hydroxyl groups excluding tert-OH is 2. The van der Waals surface area contributed by atoms with E-state index < -0.39 is 58.0 Å². The van der Waals surface area contributed by atoms with Gasteiger partial charge in [-0.25, -0.2) is 13.9 Å². The van der Waals surface area contributed by atoms with Crippen LogP contribution in [0.2, 0.25) is 0 Å². The molecular weight excluding hydrogens is 390 g/mol. The third kappa shape index (κ3) is 5.15. The van der Waals surface area contributed by atoms with Gasteiger partial charge in [-0.2, -0.15) is 4.31 Å². The minimum Gasteiger partial charge on any atom is -0.387 e. The monoisotopic (exact) mass is 404 g/mol. The molecule has 2 rings (SSSR count). The number of aromatic amines is 1. The van der Waals surface area contributed by atoms with E-state index in [2.05, 4.69) is 8.83 Å². The first-order valence-electron chi connectivity index (χ1n) is 6.47. The number of phosphoric ester groups is 1. The van der Waals surface area contributed by atoms with Gasteiger partial charge in [0.05, 0.1) is 6.61 Å². The van der Waals surface area contributed by atoms with E-state index in [1.54, 1.807) is 0 Å². The van der Waals surface area contributed by atoms with Crippen molar-refractivity contribution in [2.45, 2.75) is 24.5 Å². The van der Waals surface area contributed by atoms with Gasteiger partial charge in [0, 0.05) is 12.3 Å². The van der Waals surface area contributed by atoms with E-state index in [-0.39, 0.29) is 0 Å². The molecular formula is C9H14N2O12P2. The Morgan fingerprint density at radius 3 is 2.40 bits per heavy atom. The highest BCUT2D eigenvalue weighted by Crippen LogP contribution is 2.57. The lowest BCUT2D eigenvalue weighted by atomic mass is 10.1. The van der Waals surface area contributed by atoms with Gasteiger partial charge >= 0.3 is 21.3 Å². The summed E-state index contributed by atoms with van der Waals surface area (Å²) < 4.78 is 35.6. The van der Waals surface area contributed by atoms with Crippen molar-refractivity contribution in [1.82, 2.24) is 9.55 Å². The first-order chi connectivity index (χ1) is 11.4. The van der Waals surface area contributed by atoms with Crippen molar-refractivity contribution in [2.75, 3.05) is 6.61 Å². The molecule has 0 aliphatic carbocycles. The van der Waals surface area contributed by atoms with E-state index in [1.165, 1.54) is 0 Å². The minimum absolute atomic E-state index is 0.704. The van der Waals surface area contributed by atoms with E-state index in [1.807, 2.05) is 4.98 Å². The van der Waals surface area contributed by atoms with Crippen LogP contribution in [0.5, 0.6) is 0 Å². The molecule has 1 aromatic heterocycles. The van der Waals surface area contributed by atoms with Crippen molar-refractivity contribution < 1.29 is 47.6 Å². The van der Waals surface area contributed by atoms with E-state index in [4.69, 9.17) is 19.4 Å². The summed E-state index contributed by atoms with van der Waals surface area (Å²) in [6.45, 7) is -0.902. The van der Waals surface area contributed by atoms with Gasteiger partial charge in [-0.3, -0.25) is 18.9 Å². The van der Waals surface area contributed by atoms with Gasteiger partial charge in [0.1, 0.15) is 18.3 Å². The SMILES string of the molecule is O=c1ccn([C@@H]2O[C@@H](CO[P@@](=O)(O)OP(=O)(O)O)[C@H](O)[C@H]2O)c(=O)[nH]1. The van der Waals surface area contributed by atoms with Crippen LogP contribution in [0.25, 0.3) is 0 Å². The average molecular weight is 404 g/mol. The predicted molar refractivity (Wildman–Crippen MR) is 76.2 cm³/mol. The van der Waals surface area contributed by atoms with E-state index in [0.717, 1.165) is 16.8 Å². The van der Waals surface area contributed by atoms with Crippen LogP contribution in [-0.4, -0.2) is 59.4 Å². The highest BCUT2D eigenvalue weighted by molar-refractivity contribution is 7.60. The second-order valence-electron chi connectivity index (χ2n) is 4.90. The maximum Gasteiger partial charge on any atom is 0.481 e. The summed E-state index contributed by atoms with van der Waals surface area (Å²) in [5.41, 5.74) is -1.65. The van der Waals surface area contributed by atoms with E-state index in [9.17, 15) is 28.9 Å². The molecule has 14 nitrogen and oxygen atoms in total. The molecule has 0 unspecified atom stereocenters. The van der Waals surface area contributed by atoms with Crippen LogP contribution in [0.1, 0.15) is 6.23 Å². The minimum atomic E-state index is -5.32. The van der Waals surface area contributed by atoms with Gasteiger partial charge in [-0.1, -0.05) is 0 Å².